The maximum absolute atomic E-state index is 10.6. The number of fused-ring (bicyclic) bond motifs is 1. The summed E-state index contributed by atoms with van der Waals surface area (Å²) in [6.07, 6.45) is -2.62. The molecule has 0 spiro atoms. The van der Waals surface area contributed by atoms with Gasteiger partial charge in [-0.1, -0.05) is 0 Å². The van der Waals surface area contributed by atoms with Gasteiger partial charge in [0.15, 0.2) is 17.7 Å². The number of nitrogens with two attached hydrogens (primary N) is 1. The molecule has 2 aromatic rings. The van der Waals surface area contributed by atoms with Gasteiger partial charge >= 0.3 is 0 Å². The Hall–Kier alpha value is -1.70. The van der Waals surface area contributed by atoms with Gasteiger partial charge in [-0.05, 0) is 0 Å². The van der Waals surface area contributed by atoms with Crippen LogP contribution >= 0.6 is 7.82 Å². The van der Waals surface area contributed by atoms with Gasteiger partial charge in [-0.15, -0.1) is 0 Å². The van der Waals surface area contributed by atoms with Crippen LogP contribution in [0.2, 0.25) is 0 Å². The van der Waals surface area contributed by atoms with Crippen molar-refractivity contribution in [1.29, 1.82) is 2.86 Å². The number of phosphoric ester groups is 1. The number of ether oxygens (including phenoxy) is 1. The topological polar surface area (TPSA) is 220 Å². The zero-order valence-corrected chi connectivity index (χ0v) is 12.8. The zero-order valence-electron chi connectivity index (χ0n) is 13.9. The molecular formula is C10H15N5O8P-. The summed E-state index contributed by atoms with van der Waals surface area (Å²) in [4.78, 5) is 31.0. The first-order valence-electron chi connectivity index (χ1n) is 7.22. The molecule has 14 heteroatoms. The van der Waals surface area contributed by atoms with Gasteiger partial charge in [0, 0.05) is 0 Å². The van der Waals surface area contributed by atoms with Gasteiger partial charge in [-0.25, -0.2) is 15.0 Å². The summed E-state index contributed by atoms with van der Waals surface area (Å²) in [6, 6.07) is 0. The van der Waals surface area contributed by atoms with Gasteiger partial charge in [-0.3, -0.25) is 9.13 Å². The molecule has 1 fully saturated rings. The molecule has 0 saturated carbocycles. The van der Waals surface area contributed by atoms with Crippen molar-refractivity contribution in [2.24, 2.45) is 0 Å². The summed E-state index contributed by atoms with van der Waals surface area (Å²) in [5, 5.41) is 20.0. The molecule has 1 unspecified atom stereocenters. The Morgan fingerprint density at radius 2 is 2.21 bits per heavy atom. The third-order valence-corrected chi connectivity index (χ3v) is 3.88. The molecular weight excluding hydrogens is 349 g/mol. The van der Waals surface area contributed by atoms with Gasteiger partial charge in [0.1, 0.15) is 30.2 Å². The molecule has 1 aliphatic heterocycles. The van der Waals surface area contributed by atoms with E-state index in [1.54, 1.807) is 0 Å². The fourth-order valence-corrected chi connectivity index (χ4v) is 2.66. The molecule has 0 bridgehead atoms. The van der Waals surface area contributed by atoms with Crippen LogP contribution in [-0.4, -0.2) is 67.9 Å². The lowest BCUT2D eigenvalue weighted by Crippen LogP contribution is -2.34. The normalized spacial score (nSPS) is 30.2. The van der Waals surface area contributed by atoms with Crippen LogP contribution in [-0.2, 0) is 13.8 Å². The first-order chi connectivity index (χ1) is 12.2. The predicted octanol–water partition coefficient (Wildman–Crippen LogP) is -3.32. The van der Waals surface area contributed by atoms with E-state index in [4.69, 9.17) is 18.2 Å². The molecule has 24 heavy (non-hydrogen) atoms. The van der Waals surface area contributed by atoms with Gasteiger partial charge in [0.25, 0.3) is 7.82 Å². The lowest BCUT2D eigenvalue weighted by Gasteiger charge is -2.20. The van der Waals surface area contributed by atoms with Gasteiger partial charge < -0.3 is 40.5 Å². The lowest BCUT2D eigenvalue weighted by molar-refractivity contribution is -0.222. The van der Waals surface area contributed by atoms with Crippen LogP contribution in [0.4, 0.5) is 5.82 Å². The maximum atomic E-state index is 10.6. The highest BCUT2D eigenvalue weighted by Crippen LogP contribution is 2.36. The van der Waals surface area contributed by atoms with E-state index in [0.29, 0.717) is 0 Å². The van der Waals surface area contributed by atoms with Crippen LogP contribution in [0.15, 0.2) is 12.7 Å². The largest absolute Gasteiger partial charge is 0.756 e. The SMILES string of the molecule is Nc1ncnc2c1ncn2[C@@H]1O[C@H](COP(=O)([O-])O)[C@@H](O)[C@H]1O.[2H]O[2H]. The van der Waals surface area contributed by atoms with Crippen LogP contribution in [0.5, 0.6) is 0 Å². The molecule has 0 radical (unpaired) electrons. The first kappa shape index (κ1) is 15.8. The third-order valence-electron chi connectivity index (χ3n) is 3.40. The summed E-state index contributed by atoms with van der Waals surface area (Å²) in [7, 11) is -4.97. The lowest BCUT2D eigenvalue weighted by atomic mass is 10.1. The summed E-state index contributed by atoms with van der Waals surface area (Å²) >= 11 is 0. The Morgan fingerprint density at radius 3 is 2.88 bits per heavy atom. The standard InChI is InChI=1S/C10H14N5O7P.H2O/c11-8-5-9(13-2-12-8)15(3-14-5)10-7(17)6(16)4(22-10)1-21-23(18,19)20;/h2-4,6-7,10,16-17H,1H2,(H2,11,12,13)(H2,18,19,20);1H2/p-1/t4-,6-,7-,10-;/m1./s1/i/hD2. The maximum Gasteiger partial charge on any atom is 0.265 e. The molecule has 2 aromatic heterocycles. The molecule has 7 N–H and O–H groups in total. The molecule has 0 amide bonds. The molecule has 5 atom stereocenters. The highest BCUT2D eigenvalue weighted by molar-refractivity contribution is 7.44. The number of imidazole rings is 1. The number of phosphoric acid groups is 1. The minimum absolute atomic E-state index is 0.134. The van der Waals surface area contributed by atoms with E-state index in [-0.39, 0.29) is 17.0 Å². The quantitative estimate of drug-likeness (QED) is 0.392. The predicted molar refractivity (Wildman–Crippen MR) is 75.1 cm³/mol. The van der Waals surface area contributed by atoms with Crippen LogP contribution < -0.4 is 10.6 Å². The highest BCUT2D eigenvalue weighted by Gasteiger charge is 2.44. The molecule has 134 valence electrons. The van der Waals surface area contributed by atoms with E-state index in [2.05, 4.69) is 25.0 Å². The van der Waals surface area contributed by atoms with Crippen molar-refractivity contribution in [3.8, 4) is 0 Å². The van der Waals surface area contributed by atoms with E-state index < -0.39 is 39.0 Å². The Morgan fingerprint density at radius 1 is 1.50 bits per heavy atom. The van der Waals surface area contributed by atoms with Crippen LogP contribution in [0, 0.1) is 0 Å². The molecule has 0 aliphatic carbocycles. The second kappa shape index (κ2) is 6.66. The summed E-state index contributed by atoms with van der Waals surface area (Å²) in [5.74, 6) is 0.134. The minimum atomic E-state index is -4.97. The number of hydrogen-bond donors (Lipinski definition) is 4. The average Bonchev–Trinajstić information content (AvgIpc) is 3.10. The molecule has 3 heterocycles. The van der Waals surface area contributed by atoms with Gasteiger partial charge in [0.05, 0.1) is 12.9 Å². The minimum Gasteiger partial charge on any atom is -0.756 e. The average molecular weight is 366 g/mol. The Balaban J connectivity index is 0.000000758. The molecule has 13 nitrogen and oxygen atoms in total. The monoisotopic (exact) mass is 366 g/mol. The number of nitrogen functional groups attached to an aromatic ring is 1. The van der Waals surface area contributed by atoms with E-state index in [9.17, 15) is 19.7 Å². The van der Waals surface area contributed by atoms with Gasteiger partial charge in [0.2, 0.25) is 2.86 Å². The van der Waals surface area contributed by atoms with Crippen molar-refractivity contribution in [2.45, 2.75) is 24.5 Å². The van der Waals surface area contributed by atoms with Crippen LogP contribution in [0.1, 0.15) is 6.23 Å². The van der Waals surface area contributed by atoms with E-state index in [1.807, 2.05) is 0 Å². The summed E-state index contributed by atoms with van der Waals surface area (Å²) in [6.45, 7) is -0.657. The Labute approximate surface area is 137 Å². The highest BCUT2D eigenvalue weighted by atomic mass is 31.2. The number of hydrogen-bond acceptors (Lipinski definition) is 10. The van der Waals surface area contributed by atoms with Crippen LogP contribution in [0.3, 0.4) is 0 Å². The van der Waals surface area contributed by atoms with Crippen molar-refractivity contribution in [3.05, 3.63) is 12.7 Å². The first-order valence-corrected chi connectivity index (χ1v) is 7.90. The second-order valence-corrected chi connectivity index (χ2v) is 6.09. The van der Waals surface area contributed by atoms with Crippen LogP contribution in [0.25, 0.3) is 11.2 Å². The number of aliphatic hydroxyl groups excluding tert-OH is 2. The molecule has 1 saturated heterocycles. The van der Waals surface area contributed by atoms with E-state index in [1.165, 1.54) is 17.2 Å². The number of nitrogens with zero attached hydrogens (tertiary/aromatic N) is 4. The van der Waals surface area contributed by atoms with Crippen molar-refractivity contribution in [1.82, 2.24) is 19.5 Å². The van der Waals surface area contributed by atoms with Crippen molar-refractivity contribution < 1.29 is 39.3 Å². The van der Waals surface area contributed by atoms with Crippen molar-refractivity contribution in [2.75, 3.05) is 12.3 Å². The Bertz CT molecular complexity index is 790. The smallest absolute Gasteiger partial charge is 0.265 e. The molecule has 3 rings (SSSR count). The molecule has 0 aromatic carbocycles. The summed E-state index contributed by atoms with van der Waals surface area (Å²) in [5.41, 5.74) is 8.97. The van der Waals surface area contributed by atoms with Crippen molar-refractivity contribution in [3.63, 3.8) is 0 Å². The third kappa shape index (κ3) is 3.38. The fraction of sp³-hybridized carbons (Fsp3) is 0.500. The second-order valence-electron chi connectivity index (χ2n) is 4.89. The number of aliphatic hydroxyl groups is 2. The number of aromatic nitrogens is 4. The Kier molecular flexibility index (Phi) is 4.39. The van der Waals surface area contributed by atoms with E-state index >= 15 is 0 Å². The van der Waals surface area contributed by atoms with E-state index in [0.717, 1.165) is 0 Å². The fourth-order valence-electron chi connectivity index (χ4n) is 2.32. The number of rotatable bonds is 4. The molecule has 1 aliphatic rings. The number of anilines is 1. The zero-order chi connectivity index (χ0) is 19.5. The summed E-state index contributed by atoms with van der Waals surface area (Å²) < 4.78 is 32.3. The van der Waals surface area contributed by atoms with Crippen molar-refractivity contribution >= 4 is 24.8 Å². The van der Waals surface area contributed by atoms with Gasteiger partial charge in [-0.2, -0.15) is 0 Å².